The van der Waals surface area contributed by atoms with Crippen LogP contribution in [-0.2, 0) is 12.8 Å². The van der Waals surface area contributed by atoms with Gasteiger partial charge in [-0.3, -0.25) is 0 Å². The van der Waals surface area contributed by atoms with Gasteiger partial charge in [0.2, 0.25) is 0 Å². The molecule has 2 aromatic carbocycles. The molecule has 2 heteroatoms. The fourth-order valence-electron chi connectivity index (χ4n) is 2.86. The maximum absolute atomic E-state index is 5.42. The van der Waals surface area contributed by atoms with Gasteiger partial charge in [-0.1, -0.05) is 42.5 Å². The molecule has 0 amide bonds. The van der Waals surface area contributed by atoms with Gasteiger partial charge in [0.25, 0.3) is 0 Å². The molecule has 0 saturated heterocycles. The van der Waals surface area contributed by atoms with Crippen molar-refractivity contribution in [2.45, 2.75) is 25.3 Å². The number of hydrogen-bond acceptors (Lipinski definition) is 2. The van der Waals surface area contributed by atoms with Gasteiger partial charge in [-0.25, -0.2) is 0 Å². The summed E-state index contributed by atoms with van der Waals surface area (Å²) in [4.78, 5) is 0. The fourth-order valence-corrected chi connectivity index (χ4v) is 2.86. The average molecular weight is 279 g/mol. The molecule has 1 unspecified atom stereocenters. The molecule has 0 aliphatic rings. The van der Waals surface area contributed by atoms with Crippen molar-refractivity contribution in [1.82, 2.24) is 5.32 Å². The third-order valence-corrected chi connectivity index (χ3v) is 4.07. The van der Waals surface area contributed by atoms with Crippen molar-refractivity contribution >= 4 is 10.8 Å². The molecule has 3 rings (SSSR count). The van der Waals surface area contributed by atoms with E-state index in [2.05, 4.69) is 47.8 Å². The quantitative estimate of drug-likeness (QED) is 0.731. The van der Waals surface area contributed by atoms with E-state index in [-0.39, 0.29) is 0 Å². The summed E-state index contributed by atoms with van der Waals surface area (Å²) < 4.78 is 5.42. The maximum atomic E-state index is 5.42. The van der Waals surface area contributed by atoms with E-state index in [1.165, 1.54) is 16.3 Å². The van der Waals surface area contributed by atoms with Crippen molar-refractivity contribution in [1.29, 1.82) is 0 Å². The Hall–Kier alpha value is -2.06. The van der Waals surface area contributed by atoms with Gasteiger partial charge in [0.1, 0.15) is 5.76 Å². The van der Waals surface area contributed by atoms with Crippen molar-refractivity contribution in [3.8, 4) is 0 Å². The van der Waals surface area contributed by atoms with Crippen molar-refractivity contribution in [3.05, 3.63) is 72.2 Å². The molecule has 1 N–H and O–H groups in total. The average Bonchev–Trinajstić information content (AvgIpc) is 3.05. The van der Waals surface area contributed by atoms with E-state index in [1.54, 1.807) is 6.26 Å². The van der Waals surface area contributed by atoms with Crippen molar-refractivity contribution in [3.63, 3.8) is 0 Å². The number of nitrogens with one attached hydrogen (secondary N) is 1. The third-order valence-electron chi connectivity index (χ3n) is 4.07. The molecule has 0 radical (unpaired) electrons. The number of benzene rings is 2. The minimum absolute atomic E-state index is 0.459. The lowest BCUT2D eigenvalue weighted by Crippen LogP contribution is -2.28. The number of aryl methyl sites for hydroxylation is 1. The number of rotatable bonds is 6. The maximum Gasteiger partial charge on any atom is 0.103 e. The van der Waals surface area contributed by atoms with Crippen LogP contribution in [0.25, 0.3) is 10.8 Å². The molecular formula is C19H21NO. The van der Waals surface area contributed by atoms with Crippen molar-refractivity contribution < 1.29 is 4.42 Å². The van der Waals surface area contributed by atoms with E-state index in [4.69, 9.17) is 4.42 Å². The monoisotopic (exact) mass is 279 g/mol. The number of fused-ring (bicyclic) bond motifs is 1. The number of hydrogen-bond donors (Lipinski definition) is 1. The first kappa shape index (κ1) is 13.9. The van der Waals surface area contributed by atoms with E-state index < -0.39 is 0 Å². The van der Waals surface area contributed by atoms with Crippen LogP contribution in [0.4, 0.5) is 0 Å². The Balaban J connectivity index is 1.73. The zero-order valence-corrected chi connectivity index (χ0v) is 12.4. The van der Waals surface area contributed by atoms with Gasteiger partial charge < -0.3 is 9.73 Å². The van der Waals surface area contributed by atoms with Crippen LogP contribution in [0.5, 0.6) is 0 Å². The first-order valence-electron chi connectivity index (χ1n) is 7.53. The summed E-state index contributed by atoms with van der Waals surface area (Å²) in [5, 5.41) is 6.11. The van der Waals surface area contributed by atoms with E-state index in [0.717, 1.165) is 25.0 Å². The zero-order valence-electron chi connectivity index (χ0n) is 12.4. The van der Waals surface area contributed by atoms with Crippen LogP contribution in [-0.4, -0.2) is 13.1 Å². The normalized spacial score (nSPS) is 12.6. The summed E-state index contributed by atoms with van der Waals surface area (Å²) in [6.45, 7) is 0. The second kappa shape index (κ2) is 6.59. The first-order chi connectivity index (χ1) is 10.4. The summed E-state index contributed by atoms with van der Waals surface area (Å²) in [7, 11) is 2.04. The standard InChI is InChI=1S/C19H21NO/c1-20-17(11-12-18-9-5-13-21-18)14-16-8-4-7-15-6-2-3-10-19(15)16/h2-10,13,17,20H,11-12,14H2,1H3. The zero-order chi connectivity index (χ0) is 14.5. The highest BCUT2D eigenvalue weighted by Crippen LogP contribution is 2.20. The van der Waals surface area contributed by atoms with Gasteiger partial charge in [-0.05, 0) is 48.4 Å². The molecule has 0 bridgehead atoms. The topological polar surface area (TPSA) is 25.2 Å². The van der Waals surface area contributed by atoms with E-state index in [0.29, 0.717) is 6.04 Å². The second-order valence-corrected chi connectivity index (χ2v) is 5.45. The Kier molecular flexibility index (Phi) is 4.37. The summed E-state index contributed by atoms with van der Waals surface area (Å²) in [5.41, 5.74) is 1.41. The molecule has 1 aromatic heterocycles. The molecule has 0 aliphatic carbocycles. The summed E-state index contributed by atoms with van der Waals surface area (Å²) in [6, 6.07) is 19.6. The lowest BCUT2D eigenvalue weighted by atomic mass is 9.96. The summed E-state index contributed by atoms with van der Waals surface area (Å²) in [5.74, 6) is 1.06. The molecule has 0 fully saturated rings. The van der Waals surface area contributed by atoms with Crippen LogP contribution < -0.4 is 5.32 Å². The molecule has 0 aliphatic heterocycles. The molecule has 108 valence electrons. The third kappa shape index (κ3) is 3.34. The molecule has 0 saturated carbocycles. The molecule has 3 aromatic rings. The lowest BCUT2D eigenvalue weighted by Gasteiger charge is -2.17. The van der Waals surface area contributed by atoms with Crippen LogP contribution in [0, 0.1) is 0 Å². The Morgan fingerprint density at radius 1 is 1.00 bits per heavy atom. The van der Waals surface area contributed by atoms with E-state index >= 15 is 0 Å². The molecule has 21 heavy (non-hydrogen) atoms. The Bertz CT molecular complexity index is 682. The predicted octanol–water partition coefficient (Wildman–Crippen LogP) is 4.20. The number of likely N-dealkylation sites (N-methyl/N-ethyl adjacent to an activating group) is 1. The Labute approximate surface area is 125 Å². The Morgan fingerprint density at radius 2 is 1.86 bits per heavy atom. The molecule has 1 atom stereocenters. The van der Waals surface area contributed by atoms with Crippen molar-refractivity contribution in [2.75, 3.05) is 7.05 Å². The second-order valence-electron chi connectivity index (χ2n) is 5.45. The van der Waals surface area contributed by atoms with E-state index in [9.17, 15) is 0 Å². The van der Waals surface area contributed by atoms with Gasteiger partial charge in [0.15, 0.2) is 0 Å². The van der Waals surface area contributed by atoms with E-state index in [1.807, 2.05) is 19.2 Å². The first-order valence-corrected chi connectivity index (χ1v) is 7.53. The van der Waals surface area contributed by atoms with Crippen molar-refractivity contribution in [2.24, 2.45) is 0 Å². The molecule has 0 spiro atoms. The van der Waals surface area contributed by atoms with Crippen LogP contribution in [0.15, 0.2) is 65.3 Å². The largest absolute Gasteiger partial charge is 0.469 e. The van der Waals surface area contributed by atoms with Gasteiger partial charge in [-0.2, -0.15) is 0 Å². The highest BCUT2D eigenvalue weighted by Gasteiger charge is 2.10. The minimum Gasteiger partial charge on any atom is -0.469 e. The predicted molar refractivity (Wildman–Crippen MR) is 87.5 cm³/mol. The minimum atomic E-state index is 0.459. The molecular weight excluding hydrogens is 258 g/mol. The summed E-state index contributed by atoms with van der Waals surface area (Å²) in [6.07, 6.45) is 4.84. The SMILES string of the molecule is CNC(CCc1ccco1)Cc1cccc2ccccc12. The Morgan fingerprint density at radius 3 is 2.67 bits per heavy atom. The van der Waals surface area contributed by atoms with Gasteiger partial charge in [-0.15, -0.1) is 0 Å². The highest BCUT2D eigenvalue weighted by molar-refractivity contribution is 5.85. The van der Waals surface area contributed by atoms with Gasteiger partial charge >= 0.3 is 0 Å². The molecule has 2 nitrogen and oxygen atoms in total. The lowest BCUT2D eigenvalue weighted by molar-refractivity contribution is 0.460. The number of furan rings is 1. The van der Waals surface area contributed by atoms with Crippen LogP contribution >= 0.6 is 0 Å². The van der Waals surface area contributed by atoms with Crippen LogP contribution in [0.3, 0.4) is 0 Å². The van der Waals surface area contributed by atoms with Crippen LogP contribution in [0.1, 0.15) is 17.7 Å². The van der Waals surface area contributed by atoms with Crippen LogP contribution in [0.2, 0.25) is 0 Å². The van der Waals surface area contributed by atoms with Gasteiger partial charge in [0.05, 0.1) is 6.26 Å². The molecule has 1 heterocycles. The fraction of sp³-hybridized carbons (Fsp3) is 0.263. The smallest absolute Gasteiger partial charge is 0.103 e. The van der Waals surface area contributed by atoms with Gasteiger partial charge in [0, 0.05) is 12.5 Å². The summed E-state index contributed by atoms with van der Waals surface area (Å²) >= 11 is 0. The highest BCUT2D eigenvalue weighted by atomic mass is 16.3.